The molecule has 59 heavy (non-hydrogen) atoms. The third kappa shape index (κ3) is 5.34. The summed E-state index contributed by atoms with van der Waals surface area (Å²) in [7, 11) is 0. The van der Waals surface area contributed by atoms with Gasteiger partial charge in [0, 0.05) is 49.5 Å². The summed E-state index contributed by atoms with van der Waals surface area (Å²) in [5.41, 5.74) is 11.2. The van der Waals surface area contributed by atoms with Gasteiger partial charge in [-0.15, -0.1) is 0 Å². The average Bonchev–Trinajstić information content (AvgIpc) is 3.66. The molecule has 4 nitrogen and oxygen atoms in total. The van der Waals surface area contributed by atoms with Gasteiger partial charge in [0.25, 0.3) is 0 Å². The summed E-state index contributed by atoms with van der Waals surface area (Å²) < 4.78 is 2.38. The number of rotatable bonds is 5. The van der Waals surface area contributed by atoms with Gasteiger partial charge in [-0.3, -0.25) is 0 Å². The van der Waals surface area contributed by atoms with Crippen LogP contribution in [0.2, 0.25) is 0 Å². The molecular formula is C55H34N4. The summed E-state index contributed by atoms with van der Waals surface area (Å²) in [6.07, 6.45) is 0. The summed E-state index contributed by atoms with van der Waals surface area (Å²) in [5.74, 6) is 0.684. The molecule has 0 N–H and O–H groups in total. The fourth-order valence-electron chi connectivity index (χ4n) is 9.09. The van der Waals surface area contributed by atoms with Crippen molar-refractivity contribution in [1.29, 1.82) is 0 Å². The van der Waals surface area contributed by atoms with Gasteiger partial charge in [0.05, 0.1) is 33.6 Å². The van der Waals surface area contributed by atoms with Crippen LogP contribution >= 0.6 is 0 Å². The number of pyridine rings is 1. The van der Waals surface area contributed by atoms with Gasteiger partial charge in [0.2, 0.25) is 0 Å². The van der Waals surface area contributed by atoms with E-state index in [0.717, 1.165) is 72.2 Å². The fourth-order valence-corrected chi connectivity index (χ4v) is 9.09. The Labute approximate surface area is 340 Å². The van der Waals surface area contributed by atoms with Crippen LogP contribution in [0.3, 0.4) is 0 Å². The second-order valence-corrected chi connectivity index (χ2v) is 15.1. The molecule has 0 atom stereocenters. The lowest BCUT2D eigenvalue weighted by atomic mass is 9.94. The lowest BCUT2D eigenvalue weighted by molar-refractivity contribution is 1.18. The Kier molecular flexibility index (Phi) is 7.50. The van der Waals surface area contributed by atoms with Crippen LogP contribution in [0, 0.1) is 0 Å². The minimum absolute atomic E-state index is 0.684. The molecule has 0 fully saturated rings. The maximum Gasteiger partial charge on any atom is 0.160 e. The molecule has 0 aliphatic heterocycles. The minimum atomic E-state index is 0.684. The highest BCUT2D eigenvalue weighted by atomic mass is 15.0. The molecule has 3 aromatic heterocycles. The smallest absolute Gasteiger partial charge is 0.160 e. The van der Waals surface area contributed by atoms with Crippen molar-refractivity contribution in [2.75, 3.05) is 0 Å². The van der Waals surface area contributed by atoms with Crippen LogP contribution in [-0.4, -0.2) is 19.5 Å². The summed E-state index contributed by atoms with van der Waals surface area (Å²) >= 11 is 0. The molecule has 9 aromatic carbocycles. The van der Waals surface area contributed by atoms with E-state index in [-0.39, 0.29) is 0 Å². The van der Waals surface area contributed by atoms with Crippen LogP contribution in [-0.2, 0) is 0 Å². The Bertz CT molecular complexity index is 3590. The van der Waals surface area contributed by atoms with Crippen LogP contribution in [0.4, 0.5) is 0 Å². The van der Waals surface area contributed by atoms with Crippen molar-refractivity contribution in [2.45, 2.75) is 0 Å². The minimum Gasteiger partial charge on any atom is -0.309 e. The first-order valence-electron chi connectivity index (χ1n) is 20.0. The molecule has 0 amide bonds. The molecule has 3 heterocycles. The maximum absolute atomic E-state index is 5.58. The number of hydrogen-bond donors (Lipinski definition) is 0. The highest BCUT2D eigenvalue weighted by Gasteiger charge is 2.21. The predicted octanol–water partition coefficient (Wildman–Crippen LogP) is 14.2. The molecule has 0 bridgehead atoms. The number of para-hydroxylation sites is 2. The third-order valence-corrected chi connectivity index (χ3v) is 11.8. The van der Waals surface area contributed by atoms with E-state index in [0.29, 0.717) is 5.82 Å². The van der Waals surface area contributed by atoms with Gasteiger partial charge < -0.3 is 4.57 Å². The van der Waals surface area contributed by atoms with Crippen molar-refractivity contribution in [2.24, 2.45) is 0 Å². The number of benzene rings is 9. The fraction of sp³-hybridized carbons (Fsp3) is 0. The first kappa shape index (κ1) is 33.2. The van der Waals surface area contributed by atoms with Gasteiger partial charge >= 0.3 is 0 Å². The van der Waals surface area contributed by atoms with Crippen LogP contribution in [0.1, 0.15) is 0 Å². The van der Waals surface area contributed by atoms with Gasteiger partial charge in [-0.25, -0.2) is 15.0 Å². The van der Waals surface area contributed by atoms with Crippen molar-refractivity contribution in [3.05, 3.63) is 206 Å². The number of hydrogen-bond acceptors (Lipinski definition) is 3. The molecule has 0 spiro atoms. The third-order valence-electron chi connectivity index (χ3n) is 11.8. The standard InChI is InChI=1S/C55H34N4/c1-4-16-35(17-5-1)54-53-44(30-31-51-52(53)45-26-14-15-27-50(45)59(51)39-21-8-3-9-22-39)43-29-28-38(33-48(43)56-54)47-34-49(58-55(57-47)36-18-6-2-7-19-36)46-32-37-20-10-11-23-40(37)41-24-12-13-25-42(41)46/h1-34H. The van der Waals surface area contributed by atoms with E-state index in [1.807, 2.05) is 18.2 Å². The predicted molar refractivity (Wildman–Crippen MR) is 246 cm³/mol. The Morgan fingerprint density at radius 1 is 0.339 bits per heavy atom. The molecule has 12 aromatic rings. The zero-order valence-corrected chi connectivity index (χ0v) is 31.9. The van der Waals surface area contributed by atoms with Crippen molar-refractivity contribution in [3.63, 3.8) is 0 Å². The van der Waals surface area contributed by atoms with Gasteiger partial charge in [0.1, 0.15) is 0 Å². The van der Waals surface area contributed by atoms with Crippen LogP contribution in [0.15, 0.2) is 206 Å². The largest absolute Gasteiger partial charge is 0.309 e. The average molecular weight is 751 g/mol. The monoisotopic (exact) mass is 750 g/mol. The van der Waals surface area contributed by atoms with Crippen molar-refractivity contribution in [1.82, 2.24) is 19.5 Å². The van der Waals surface area contributed by atoms with E-state index in [2.05, 4.69) is 193 Å². The van der Waals surface area contributed by atoms with Gasteiger partial charge in [-0.1, -0.05) is 164 Å². The molecule has 12 rings (SSSR count). The highest BCUT2D eigenvalue weighted by Crippen LogP contribution is 2.43. The first-order chi connectivity index (χ1) is 29.3. The summed E-state index contributed by atoms with van der Waals surface area (Å²) in [4.78, 5) is 16.1. The number of nitrogens with zero attached hydrogens (tertiary/aromatic N) is 4. The SMILES string of the molecule is c1ccc(-c2nc(-c3ccc4c(c3)nc(-c3ccccc3)c3c4ccc4c3c3ccccc3n4-c3ccccc3)cc(-c3cc4ccccc4c4ccccc34)n2)cc1. The first-order valence-corrected chi connectivity index (χ1v) is 20.0. The molecule has 0 saturated carbocycles. The van der Waals surface area contributed by atoms with E-state index in [4.69, 9.17) is 15.0 Å². The maximum atomic E-state index is 5.58. The van der Waals surface area contributed by atoms with Crippen molar-refractivity contribution >= 4 is 65.0 Å². The second-order valence-electron chi connectivity index (χ2n) is 15.1. The Hall–Kier alpha value is -7.95. The van der Waals surface area contributed by atoms with Crippen molar-refractivity contribution in [3.8, 4) is 50.8 Å². The molecule has 0 aliphatic rings. The van der Waals surface area contributed by atoms with E-state index < -0.39 is 0 Å². The quantitative estimate of drug-likeness (QED) is 0.165. The second kappa shape index (κ2) is 13.3. The molecule has 4 heteroatoms. The molecule has 0 aliphatic carbocycles. The Morgan fingerprint density at radius 3 is 1.76 bits per heavy atom. The van der Waals surface area contributed by atoms with E-state index in [1.54, 1.807) is 0 Å². The van der Waals surface area contributed by atoms with E-state index >= 15 is 0 Å². The van der Waals surface area contributed by atoms with E-state index in [9.17, 15) is 0 Å². The summed E-state index contributed by atoms with van der Waals surface area (Å²) in [6.45, 7) is 0. The van der Waals surface area contributed by atoms with E-state index in [1.165, 1.54) is 37.8 Å². The van der Waals surface area contributed by atoms with Crippen molar-refractivity contribution < 1.29 is 0 Å². The molecule has 274 valence electrons. The van der Waals surface area contributed by atoms with Crippen LogP contribution in [0.5, 0.6) is 0 Å². The zero-order valence-electron chi connectivity index (χ0n) is 31.9. The molecule has 0 unspecified atom stereocenters. The highest BCUT2D eigenvalue weighted by molar-refractivity contribution is 6.28. The number of aromatic nitrogens is 4. The Morgan fingerprint density at radius 2 is 0.966 bits per heavy atom. The molecule has 0 radical (unpaired) electrons. The molecular weight excluding hydrogens is 717 g/mol. The van der Waals surface area contributed by atoms with Gasteiger partial charge in [0.15, 0.2) is 5.82 Å². The van der Waals surface area contributed by atoms with Gasteiger partial charge in [-0.2, -0.15) is 0 Å². The van der Waals surface area contributed by atoms with Gasteiger partial charge in [-0.05, 0) is 69.4 Å². The summed E-state index contributed by atoms with van der Waals surface area (Å²) in [5, 5.41) is 10.6. The Balaban J connectivity index is 1.13. The lowest BCUT2D eigenvalue weighted by Crippen LogP contribution is -1.97. The number of fused-ring (bicyclic) bond motifs is 10. The van der Waals surface area contributed by atoms with Crippen LogP contribution < -0.4 is 0 Å². The zero-order chi connectivity index (χ0) is 38.9. The topological polar surface area (TPSA) is 43.6 Å². The molecule has 0 saturated heterocycles. The van der Waals surface area contributed by atoms with Crippen LogP contribution in [0.25, 0.3) is 116 Å². The normalized spacial score (nSPS) is 11.7. The lowest BCUT2D eigenvalue weighted by Gasteiger charge is -2.15. The summed E-state index contributed by atoms with van der Waals surface area (Å²) in [6, 6.07) is 73.1.